The van der Waals surface area contributed by atoms with Crippen LogP contribution in [0.4, 0.5) is 10.8 Å². The number of aryl methyl sites for hydroxylation is 2. The van der Waals surface area contributed by atoms with Gasteiger partial charge in [0.2, 0.25) is 11.0 Å². The number of amides is 1. The van der Waals surface area contributed by atoms with Gasteiger partial charge < -0.3 is 10.2 Å². The lowest BCUT2D eigenvalue weighted by Gasteiger charge is -2.33. The fourth-order valence-corrected chi connectivity index (χ4v) is 4.71. The highest BCUT2D eigenvalue weighted by atomic mass is 32.2. The predicted molar refractivity (Wildman–Crippen MR) is 105 cm³/mol. The van der Waals surface area contributed by atoms with Crippen LogP contribution in [0, 0.1) is 13.8 Å². The van der Waals surface area contributed by atoms with Gasteiger partial charge in [-0.25, -0.2) is 0 Å². The lowest BCUT2D eigenvalue weighted by Crippen LogP contribution is -2.42. The fraction of sp³-hybridized carbons (Fsp3) is 0.500. The smallest absolute Gasteiger partial charge is 0.233 e. The molecule has 3 rings (SSSR count). The summed E-state index contributed by atoms with van der Waals surface area (Å²) in [5.74, 6) is 0.638. The summed E-state index contributed by atoms with van der Waals surface area (Å²) < 4.78 is 0.824. The Labute approximate surface area is 157 Å². The summed E-state index contributed by atoms with van der Waals surface area (Å²) >= 11 is 2.96. The Kier molecular flexibility index (Phi) is 5.96. The van der Waals surface area contributed by atoms with E-state index in [1.165, 1.54) is 40.6 Å². The van der Waals surface area contributed by atoms with Crippen molar-refractivity contribution in [3.63, 3.8) is 0 Å². The Balaban J connectivity index is 1.55. The van der Waals surface area contributed by atoms with Gasteiger partial charge in [0.1, 0.15) is 0 Å². The van der Waals surface area contributed by atoms with Crippen LogP contribution in [0.2, 0.25) is 0 Å². The van der Waals surface area contributed by atoms with Gasteiger partial charge in [-0.15, -0.1) is 10.2 Å². The molecule has 0 saturated carbocycles. The summed E-state index contributed by atoms with van der Waals surface area (Å²) in [6, 6.07) is 6.63. The van der Waals surface area contributed by atoms with Gasteiger partial charge in [0.25, 0.3) is 0 Å². The summed E-state index contributed by atoms with van der Waals surface area (Å²) in [4.78, 5) is 14.4. The van der Waals surface area contributed by atoms with Gasteiger partial charge in [-0.3, -0.25) is 4.79 Å². The van der Waals surface area contributed by atoms with Gasteiger partial charge in [0.05, 0.1) is 5.75 Å². The number of likely N-dealkylation sites (tertiary alicyclic amines) is 1. The molecule has 1 N–H and O–H groups in total. The number of hydrogen-bond acceptors (Lipinski definition) is 6. The average molecular weight is 377 g/mol. The van der Waals surface area contributed by atoms with Crippen molar-refractivity contribution in [1.29, 1.82) is 0 Å². The van der Waals surface area contributed by atoms with Crippen molar-refractivity contribution in [1.82, 2.24) is 15.1 Å². The maximum atomic E-state index is 12.4. The molecule has 0 unspecified atom stereocenters. The summed E-state index contributed by atoms with van der Waals surface area (Å²) in [7, 11) is 0. The number of nitrogens with zero attached hydrogens (tertiary/aromatic N) is 3. The number of benzene rings is 1. The minimum atomic E-state index is 0.205. The van der Waals surface area contributed by atoms with Crippen LogP contribution >= 0.6 is 23.1 Å². The Morgan fingerprint density at radius 2 is 2.20 bits per heavy atom. The SMILES string of the molecule is Cc1ccc(Nc2nnc(SCC(=O)N3CCCC[C@@H]3C)s2)c(C)c1. The van der Waals surface area contributed by atoms with Crippen molar-refractivity contribution in [3.8, 4) is 0 Å². The van der Waals surface area contributed by atoms with Gasteiger partial charge in [-0.2, -0.15) is 0 Å². The van der Waals surface area contributed by atoms with Crippen molar-refractivity contribution in [3.05, 3.63) is 29.3 Å². The highest BCUT2D eigenvalue weighted by Crippen LogP contribution is 2.29. The van der Waals surface area contributed by atoms with E-state index in [0.717, 1.165) is 34.5 Å². The van der Waals surface area contributed by atoms with Crippen LogP contribution in [0.1, 0.15) is 37.3 Å². The van der Waals surface area contributed by atoms with Crippen molar-refractivity contribution in [2.24, 2.45) is 0 Å². The van der Waals surface area contributed by atoms with E-state index in [-0.39, 0.29) is 5.91 Å². The highest BCUT2D eigenvalue weighted by Gasteiger charge is 2.23. The molecule has 0 radical (unpaired) electrons. The first-order chi connectivity index (χ1) is 12.0. The number of aromatic nitrogens is 2. The Morgan fingerprint density at radius 1 is 1.36 bits per heavy atom. The first-order valence-corrected chi connectivity index (χ1v) is 10.4. The molecule has 0 spiro atoms. The first kappa shape index (κ1) is 18.2. The zero-order valence-corrected chi connectivity index (χ0v) is 16.5. The molecule has 1 aliphatic heterocycles. The Bertz CT molecular complexity index is 746. The average Bonchev–Trinajstić information content (AvgIpc) is 3.03. The molecule has 1 atom stereocenters. The maximum absolute atomic E-state index is 12.4. The predicted octanol–water partition coefficient (Wildman–Crippen LogP) is 4.39. The lowest BCUT2D eigenvalue weighted by molar-refractivity contribution is -0.131. The Hall–Kier alpha value is -1.60. The minimum Gasteiger partial charge on any atom is -0.339 e. The third-order valence-corrected chi connectivity index (χ3v) is 6.43. The molecule has 7 heteroatoms. The van der Waals surface area contributed by atoms with Gasteiger partial charge in [0.15, 0.2) is 4.34 Å². The zero-order valence-electron chi connectivity index (χ0n) is 14.9. The van der Waals surface area contributed by atoms with Crippen molar-refractivity contribution >= 4 is 39.8 Å². The van der Waals surface area contributed by atoms with Crippen LogP contribution in [-0.4, -0.2) is 39.3 Å². The first-order valence-electron chi connectivity index (χ1n) is 8.63. The second-order valence-electron chi connectivity index (χ2n) is 6.54. The van der Waals surface area contributed by atoms with E-state index in [2.05, 4.69) is 54.5 Å². The second kappa shape index (κ2) is 8.19. The fourth-order valence-electron chi connectivity index (χ4n) is 3.06. The molecule has 2 aromatic rings. The number of anilines is 2. The van der Waals surface area contributed by atoms with Crippen LogP contribution in [0.15, 0.2) is 22.5 Å². The standard InChI is InChI=1S/C18H24N4OS2/c1-12-7-8-15(13(2)10-12)19-17-20-21-18(25-17)24-11-16(23)22-9-5-4-6-14(22)3/h7-8,10,14H,4-6,9,11H2,1-3H3,(H,19,20)/t14-/m0/s1. The molecule has 25 heavy (non-hydrogen) atoms. The largest absolute Gasteiger partial charge is 0.339 e. The Morgan fingerprint density at radius 3 is 2.96 bits per heavy atom. The molecule has 1 fully saturated rings. The minimum absolute atomic E-state index is 0.205. The molecule has 5 nitrogen and oxygen atoms in total. The molecular formula is C18H24N4OS2. The number of carbonyl (C=O) groups excluding carboxylic acids is 1. The molecular weight excluding hydrogens is 352 g/mol. The number of carbonyl (C=O) groups is 1. The van der Waals surface area contributed by atoms with E-state index < -0.39 is 0 Å². The van der Waals surface area contributed by atoms with E-state index >= 15 is 0 Å². The van der Waals surface area contributed by atoms with Crippen LogP contribution in [0.25, 0.3) is 0 Å². The maximum Gasteiger partial charge on any atom is 0.233 e. The molecule has 1 amide bonds. The molecule has 1 aliphatic rings. The van der Waals surface area contributed by atoms with Gasteiger partial charge in [-0.1, -0.05) is 40.8 Å². The monoisotopic (exact) mass is 376 g/mol. The quantitative estimate of drug-likeness (QED) is 0.784. The highest BCUT2D eigenvalue weighted by molar-refractivity contribution is 8.01. The van der Waals surface area contributed by atoms with Gasteiger partial charge in [0, 0.05) is 18.3 Å². The summed E-state index contributed by atoms with van der Waals surface area (Å²) in [5, 5.41) is 12.5. The molecule has 1 aromatic heterocycles. The molecule has 2 heterocycles. The third-order valence-electron chi connectivity index (χ3n) is 4.47. The summed E-state index contributed by atoms with van der Waals surface area (Å²) in [6.45, 7) is 7.18. The van der Waals surface area contributed by atoms with Crippen molar-refractivity contribution in [2.75, 3.05) is 17.6 Å². The van der Waals surface area contributed by atoms with Crippen LogP contribution in [0.3, 0.4) is 0 Å². The molecule has 0 bridgehead atoms. The van der Waals surface area contributed by atoms with E-state index in [9.17, 15) is 4.79 Å². The van der Waals surface area contributed by atoms with E-state index in [4.69, 9.17) is 0 Å². The van der Waals surface area contributed by atoms with E-state index in [1.54, 1.807) is 0 Å². The van der Waals surface area contributed by atoms with Gasteiger partial charge >= 0.3 is 0 Å². The van der Waals surface area contributed by atoms with Crippen LogP contribution in [-0.2, 0) is 4.79 Å². The topological polar surface area (TPSA) is 58.1 Å². The summed E-state index contributed by atoms with van der Waals surface area (Å²) in [6.07, 6.45) is 3.45. The van der Waals surface area contributed by atoms with Crippen molar-refractivity contribution < 1.29 is 4.79 Å². The van der Waals surface area contributed by atoms with E-state index in [1.807, 2.05) is 4.90 Å². The number of piperidine rings is 1. The van der Waals surface area contributed by atoms with Crippen LogP contribution in [0.5, 0.6) is 0 Å². The molecule has 1 saturated heterocycles. The van der Waals surface area contributed by atoms with Crippen LogP contribution < -0.4 is 5.32 Å². The third kappa shape index (κ3) is 4.73. The second-order valence-corrected chi connectivity index (χ2v) is 8.74. The molecule has 1 aromatic carbocycles. The normalized spacial score (nSPS) is 17.6. The number of thioether (sulfide) groups is 1. The number of rotatable bonds is 5. The summed E-state index contributed by atoms with van der Waals surface area (Å²) in [5.41, 5.74) is 3.46. The number of hydrogen-bond donors (Lipinski definition) is 1. The van der Waals surface area contributed by atoms with Gasteiger partial charge in [-0.05, 0) is 51.7 Å². The molecule has 0 aliphatic carbocycles. The number of nitrogens with one attached hydrogen (secondary N) is 1. The van der Waals surface area contributed by atoms with Crippen molar-refractivity contribution in [2.45, 2.75) is 50.4 Å². The lowest BCUT2D eigenvalue weighted by atomic mass is 10.0. The van der Waals surface area contributed by atoms with E-state index in [0.29, 0.717) is 11.8 Å². The zero-order chi connectivity index (χ0) is 17.8. The molecule has 134 valence electrons.